The summed E-state index contributed by atoms with van der Waals surface area (Å²) < 4.78 is 29.7. The summed E-state index contributed by atoms with van der Waals surface area (Å²) in [7, 11) is 0. The summed E-state index contributed by atoms with van der Waals surface area (Å²) >= 11 is 4.48. The lowest BCUT2D eigenvalue weighted by molar-refractivity contribution is -0.168. The summed E-state index contributed by atoms with van der Waals surface area (Å²) in [6, 6.07) is 4.00. The van der Waals surface area contributed by atoms with E-state index in [1.807, 2.05) is 0 Å². The van der Waals surface area contributed by atoms with Crippen molar-refractivity contribution in [3.63, 3.8) is 0 Å². The first kappa shape index (κ1) is 17.6. The van der Waals surface area contributed by atoms with Crippen molar-refractivity contribution in [2.45, 2.75) is 24.9 Å². The molecule has 1 saturated heterocycles. The largest absolute Gasteiger partial charge is 0.302 e. The van der Waals surface area contributed by atoms with Gasteiger partial charge in [-0.25, -0.2) is 8.78 Å². The van der Waals surface area contributed by atoms with Crippen LogP contribution in [-0.2, 0) is 4.79 Å². The van der Waals surface area contributed by atoms with Crippen LogP contribution in [0.3, 0.4) is 0 Å². The van der Waals surface area contributed by atoms with Gasteiger partial charge < -0.3 is 4.90 Å². The lowest BCUT2D eigenvalue weighted by Gasteiger charge is -2.25. The van der Waals surface area contributed by atoms with Gasteiger partial charge in [0, 0.05) is 9.85 Å². The molecule has 2 fully saturated rings. The van der Waals surface area contributed by atoms with Crippen molar-refractivity contribution in [2.75, 3.05) is 6.54 Å². The first-order valence-corrected chi connectivity index (χ1v) is 9.59. The molecular weight excluding hydrogens is 430 g/mol. The zero-order valence-electron chi connectivity index (χ0n) is 13.3. The molecule has 0 radical (unpaired) electrons. The van der Waals surface area contributed by atoms with Gasteiger partial charge >= 0.3 is 0 Å². The third-order valence-corrected chi connectivity index (χ3v) is 6.25. The molecule has 5 nitrogen and oxygen atoms in total. The Kier molecular flexibility index (Phi) is 4.32. The Hall–Kier alpha value is -1.84. The highest BCUT2D eigenvalue weighted by atomic mass is 79.9. The molecule has 1 saturated carbocycles. The summed E-state index contributed by atoms with van der Waals surface area (Å²) in [5.74, 6) is -3.45. The summed E-state index contributed by atoms with van der Waals surface area (Å²) in [5, 5.41) is 12.2. The van der Waals surface area contributed by atoms with Crippen LogP contribution >= 0.6 is 27.3 Å². The third-order valence-electron chi connectivity index (χ3n) is 4.52. The Morgan fingerprint density at radius 2 is 1.88 bits per heavy atom. The Morgan fingerprint density at radius 3 is 2.42 bits per heavy atom. The second-order valence-electron chi connectivity index (χ2n) is 6.35. The average molecular weight is 443 g/mol. The van der Waals surface area contributed by atoms with Gasteiger partial charge in [-0.1, -0.05) is 0 Å². The molecule has 4 rings (SSSR count). The summed E-state index contributed by atoms with van der Waals surface area (Å²) in [5.41, 5.74) is -0.172. The Labute approximate surface area is 159 Å². The number of hydrogen-bond donors (Lipinski definition) is 1. The van der Waals surface area contributed by atoms with E-state index in [0.29, 0.717) is 20.0 Å². The van der Waals surface area contributed by atoms with E-state index in [2.05, 4.69) is 15.9 Å². The normalized spacial score (nSPS) is 20.2. The molecule has 1 aromatic heterocycles. The zero-order chi connectivity index (χ0) is 18.6. The highest BCUT2D eigenvalue weighted by Gasteiger charge is 2.43. The molecule has 2 heterocycles. The Morgan fingerprint density at radius 1 is 1.23 bits per heavy atom. The van der Waals surface area contributed by atoms with Crippen LogP contribution in [0, 0.1) is 11.6 Å². The number of benzene rings is 1. The van der Waals surface area contributed by atoms with E-state index in [1.165, 1.54) is 23.5 Å². The van der Waals surface area contributed by atoms with E-state index in [9.17, 15) is 23.6 Å². The van der Waals surface area contributed by atoms with Crippen LogP contribution in [0.4, 0.5) is 8.78 Å². The lowest BCUT2D eigenvalue weighted by Crippen LogP contribution is -2.35. The molecule has 26 heavy (non-hydrogen) atoms. The highest BCUT2D eigenvalue weighted by molar-refractivity contribution is 9.10. The van der Waals surface area contributed by atoms with Gasteiger partial charge in [0.15, 0.2) is 6.17 Å². The van der Waals surface area contributed by atoms with Crippen LogP contribution < -0.4 is 0 Å². The number of hydroxylamine groups is 2. The fraction of sp³-hybridized carbons (Fsp3) is 0.294. The first-order valence-electron chi connectivity index (χ1n) is 7.91. The lowest BCUT2D eigenvalue weighted by atomic mass is 10.1. The standard InChI is InChI=1S/C17H13BrF2N2O3S/c18-10-5-13(26-7-10)16-21(6-14(23)22(16)25)17(24)15-11(19)3-9(4-12(15)20)8-1-2-8/h3-5,7-8,16,25H,1-2,6H2. The number of hydrogen-bond acceptors (Lipinski definition) is 4. The van der Waals surface area contributed by atoms with E-state index in [0.717, 1.165) is 17.7 Å². The maximum Gasteiger partial charge on any atom is 0.268 e. The smallest absolute Gasteiger partial charge is 0.268 e. The van der Waals surface area contributed by atoms with Crippen molar-refractivity contribution in [2.24, 2.45) is 0 Å². The average Bonchev–Trinajstić information content (AvgIpc) is 3.28. The fourth-order valence-corrected chi connectivity index (χ4v) is 4.63. The van der Waals surface area contributed by atoms with Gasteiger partial charge in [-0.2, -0.15) is 5.06 Å². The van der Waals surface area contributed by atoms with E-state index in [-0.39, 0.29) is 5.92 Å². The fourth-order valence-electron chi connectivity index (χ4n) is 3.09. The maximum absolute atomic E-state index is 14.5. The number of rotatable bonds is 3. The third kappa shape index (κ3) is 2.93. The van der Waals surface area contributed by atoms with Gasteiger partial charge in [-0.05, 0) is 58.5 Å². The molecular formula is C17H13BrF2N2O3S. The van der Waals surface area contributed by atoms with Gasteiger partial charge in [0.2, 0.25) is 0 Å². The van der Waals surface area contributed by atoms with Crippen molar-refractivity contribution in [1.29, 1.82) is 0 Å². The number of halogens is 3. The van der Waals surface area contributed by atoms with Crippen molar-refractivity contribution < 1.29 is 23.6 Å². The topological polar surface area (TPSA) is 60.9 Å². The molecule has 1 N–H and O–H groups in total. The number of amides is 2. The van der Waals surface area contributed by atoms with Gasteiger partial charge in [0.1, 0.15) is 23.7 Å². The summed E-state index contributed by atoms with van der Waals surface area (Å²) in [6.07, 6.45) is 0.636. The second-order valence-corrected chi connectivity index (χ2v) is 8.20. The van der Waals surface area contributed by atoms with Crippen LogP contribution in [0.15, 0.2) is 28.1 Å². The highest BCUT2D eigenvalue weighted by Crippen LogP contribution is 2.41. The monoisotopic (exact) mass is 442 g/mol. The van der Waals surface area contributed by atoms with Crippen LogP contribution in [0.5, 0.6) is 0 Å². The van der Waals surface area contributed by atoms with E-state index >= 15 is 0 Å². The molecule has 1 atom stereocenters. The van der Waals surface area contributed by atoms with Crippen molar-refractivity contribution in [3.05, 3.63) is 55.7 Å². The molecule has 0 spiro atoms. The molecule has 2 amide bonds. The molecule has 9 heteroatoms. The molecule has 1 unspecified atom stereocenters. The summed E-state index contributed by atoms with van der Waals surface area (Å²) in [6.45, 7) is -0.460. The van der Waals surface area contributed by atoms with Crippen LogP contribution in [0.1, 0.15) is 45.7 Å². The number of carbonyl (C=O) groups is 2. The van der Waals surface area contributed by atoms with Crippen molar-refractivity contribution in [1.82, 2.24) is 9.96 Å². The SMILES string of the molecule is O=C1CN(C(=O)c2c(F)cc(C3CC3)cc2F)C(c2cc(Br)cs2)N1O. The van der Waals surface area contributed by atoms with Crippen molar-refractivity contribution >= 4 is 39.1 Å². The van der Waals surface area contributed by atoms with Crippen LogP contribution in [0.25, 0.3) is 0 Å². The Bertz CT molecular complexity index is 892. The molecule has 1 aliphatic carbocycles. The minimum atomic E-state index is -1.12. The van der Waals surface area contributed by atoms with Gasteiger partial charge in [-0.15, -0.1) is 11.3 Å². The van der Waals surface area contributed by atoms with Gasteiger partial charge in [-0.3, -0.25) is 14.8 Å². The number of thiophene rings is 1. The number of nitrogens with zero attached hydrogens (tertiary/aromatic N) is 2. The van der Waals surface area contributed by atoms with E-state index < -0.39 is 41.7 Å². The van der Waals surface area contributed by atoms with Crippen LogP contribution in [-0.4, -0.2) is 33.5 Å². The first-order chi connectivity index (χ1) is 12.4. The van der Waals surface area contributed by atoms with E-state index in [1.54, 1.807) is 11.4 Å². The summed E-state index contributed by atoms with van der Waals surface area (Å²) in [4.78, 5) is 26.2. The molecule has 136 valence electrons. The van der Waals surface area contributed by atoms with Crippen molar-refractivity contribution in [3.8, 4) is 0 Å². The quantitative estimate of drug-likeness (QED) is 0.729. The van der Waals surface area contributed by atoms with Crippen LogP contribution in [0.2, 0.25) is 0 Å². The second kappa shape index (κ2) is 6.40. The maximum atomic E-state index is 14.5. The molecule has 0 bridgehead atoms. The van der Waals surface area contributed by atoms with E-state index in [4.69, 9.17) is 0 Å². The zero-order valence-corrected chi connectivity index (χ0v) is 15.7. The number of carbonyl (C=O) groups excluding carboxylic acids is 2. The minimum Gasteiger partial charge on any atom is -0.302 e. The van der Waals surface area contributed by atoms with Gasteiger partial charge in [0.05, 0.1) is 4.88 Å². The molecule has 1 aromatic carbocycles. The molecule has 2 aromatic rings. The Balaban J connectivity index is 1.71. The predicted molar refractivity (Wildman–Crippen MR) is 92.8 cm³/mol. The molecule has 1 aliphatic heterocycles. The molecule has 2 aliphatic rings. The predicted octanol–water partition coefficient (Wildman–Crippen LogP) is 4.04. The minimum absolute atomic E-state index is 0.140. The van der Waals surface area contributed by atoms with Gasteiger partial charge in [0.25, 0.3) is 11.8 Å².